The Bertz CT molecular complexity index is 4030. The third-order valence-electron chi connectivity index (χ3n) is 16.6. The summed E-state index contributed by atoms with van der Waals surface area (Å²) in [6, 6.07) is 51.8. The number of fused-ring (bicyclic) bond motifs is 16. The van der Waals surface area contributed by atoms with E-state index in [-0.39, 0.29) is 21.7 Å². The lowest BCUT2D eigenvalue weighted by molar-refractivity contribution is 0.332. The quantitative estimate of drug-likeness (QED) is 0.175. The lowest BCUT2D eigenvalue weighted by Gasteiger charge is -2.42. The summed E-state index contributed by atoms with van der Waals surface area (Å²) in [4.78, 5) is 0. The molecule has 0 saturated heterocycles. The molecule has 68 heavy (non-hydrogen) atoms. The molecule has 0 atom stereocenters. The maximum atomic E-state index is 4.11. The highest BCUT2D eigenvalue weighted by molar-refractivity contribution is 7.27. The van der Waals surface area contributed by atoms with Gasteiger partial charge in [-0.05, 0) is 140 Å². The minimum absolute atomic E-state index is 0.0630. The Labute approximate surface area is 407 Å². The molecule has 3 aromatic heterocycles. The molecule has 2 nitrogen and oxygen atoms in total. The molecule has 4 heterocycles. The molecule has 2 aliphatic carbocycles. The van der Waals surface area contributed by atoms with Crippen molar-refractivity contribution in [3.8, 4) is 27.9 Å². The van der Waals surface area contributed by atoms with Crippen LogP contribution in [-0.4, -0.2) is 11.8 Å². The number of hydrogen-bond acceptors (Lipinski definition) is 3. The van der Waals surface area contributed by atoms with E-state index in [0.29, 0.717) is 0 Å². The molecular weight excluding hydrogens is 860 g/mol. The Morgan fingerprint density at radius 3 is 1.99 bits per heavy atom. The van der Waals surface area contributed by atoms with Crippen LogP contribution in [-0.2, 0) is 21.7 Å². The van der Waals surface area contributed by atoms with Gasteiger partial charge < -0.3 is 9.88 Å². The van der Waals surface area contributed by atoms with Gasteiger partial charge in [-0.3, -0.25) is 0 Å². The van der Waals surface area contributed by atoms with E-state index in [9.17, 15) is 0 Å². The minimum atomic E-state index is -0.159. The van der Waals surface area contributed by atoms with Crippen LogP contribution in [0.1, 0.15) is 103 Å². The zero-order valence-corrected chi connectivity index (χ0v) is 42.1. The molecule has 3 aliphatic rings. The lowest BCUT2D eigenvalue weighted by atomic mass is 9.58. The second-order valence-electron chi connectivity index (χ2n) is 23.0. The third-order valence-corrected chi connectivity index (χ3v) is 18.9. The van der Waals surface area contributed by atoms with Crippen molar-refractivity contribution in [2.45, 2.75) is 96.8 Å². The summed E-state index contributed by atoms with van der Waals surface area (Å²) in [6.45, 7) is 21.6. The molecule has 331 valence electrons. The number of thiophene rings is 2. The van der Waals surface area contributed by atoms with Crippen LogP contribution < -0.4 is 16.2 Å². The smallest absolute Gasteiger partial charge is 0.198 e. The Morgan fingerprint density at radius 2 is 1.24 bits per heavy atom. The Morgan fingerprint density at radius 1 is 0.559 bits per heavy atom. The molecule has 1 radical (unpaired) electrons. The van der Waals surface area contributed by atoms with Crippen molar-refractivity contribution >= 4 is 114 Å². The van der Waals surface area contributed by atoms with Crippen molar-refractivity contribution in [1.29, 1.82) is 0 Å². The fourth-order valence-corrected chi connectivity index (χ4v) is 15.1. The lowest BCUT2D eigenvalue weighted by Crippen LogP contribution is -2.37. The Kier molecular flexibility index (Phi) is 8.15. The second-order valence-corrected chi connectivity index (χ2v) is 25.2. The number of aromatic nitrogens is 1. The first kappa shape index (κ1) is 40.9. The standard InChI is InChI=1S/C63H54BN2S2/c1-60(2,3)34-22-24-35(25-23-34)65-48-31-44-39(36-16-10-13-19-43(36)63(44,8)9)28-41(48)54-55-38-18-12-15-21-52(38)68-59(55)56-42-29-45-46(62(6,7)27-26-61(45,4)5)32-49(42)66-50-30-40-37-17-11-14-20-51(37)67-53(40)33-47(50)64-57(54)58(56)66/h10-25,28-33,65H,26-27H2,1-9H3. The third kappa shape index (κ3) is 5.52. The van der Waals surface area contributed by atoms with Crippen molar-refractivity contribution < 1.29 is 0 Å². The predicted octanol–water partition coefficient (Wildman–Crippen LogP) is 16.9. The van der Waals surface area contributed by atoms with Crippen molar-refractivity contribution in [3.63, 3.8) is 0 Å². The number of nitrogens with zero attached hydrogens (tertiary/aromatic N) is 1. The fraction of sp³-hybridized carbons (Fsp3) is 0.238. The fourth-order valence-electron chi connectivity index (χ4n) is 12.7. The summed E-state index contributed by atoms with van der Waals surface area (Å²) in [5, 5.41) is 12.2. The maximum absolute atomic E-state index is 4.11. The highest BCUT2D eigenvalue weighted by atomic mass is 32.1. The van der Waals surface area contributed by atoms with Crippen LogP contribution in [0.4, 0.5) is 11.4 Å². The normalized spacial score (nSPS) is 16.4. The molecule has 1 N–H and O–H groups in total. The van der Waals surface area contributed by atoms with Gasteiger partial charge in [-0.1, -0.05) is 141 Å². The van der Waals surface area contributed by atoms with Gasteiger partial charge in [0.15, 0.2) is 7.28 Å². The average Bonchev–Trinajstić information content (AvgIpc) is 4.04. The largest absolute Gasteiger partial charge is 0.355 e. The van der Waals surface area contributed by atoms with Gasteiger partial charge in [0.05, 0.1) is 11.0 Å². The van der Waals surface area contributed by atoms with E-state index in [0.717, 1.165) is 11.4 Å². The van der Waals surface area contributed by atoms with Gasteiger partial charge in [0.25, 0.3) is 0 Å². The summed E-state index contributed by atoms with van der Waals surface area (Å²) in [5.41, 5.74) is 21.0. The summed E-state index contributed by atoms with van der Waals surface area (Å²) >= 11 is 3.89. The van der Waals surface area contributed by atoms with Crippen LogP contribution in [0.15, 0.2) is 133 Å². The van der Waals surface area contributed by atoms with E-state index in [1.165, 1.54) is 142 Å². The monoisotopic (exact) mass is 913 g/mol. The highest BCUT2D eigenvalue weighted by Crippen LogP contribution is 2.56. The zero-order chi connectivity index (χ0) is 46.4. The molecule has 8 aromatic carbocycles. The molecule has 0 amide bonds. The second kappa shape index (κ2) is 13.6. The zero-order valence-electron chi connectivity index (χ0n) is 40.5. The van der Waals surface area contributed by atoms with Gasteiger partial charge in [0, 0.05) is 79.2 Å². The topological polar surface area (TPSA) is 17.0 Å². The van der Waals surface area contributed by atoms with E-state index < -0.39 is 0 Å². The molecule has 0 fully saturated rings. The number of anilines is 2. The van der Waals surface area contributed by atoms with Crippen molar-refractivity contribution in [3.05, 3.63) is 161 Å². The van der Waals surface area contributed by atoms with E-state index in [1.807, 2.05) is 22.7 Å². The van der Waals surface area contributed by atoms with E-state index in [1.54, 1.807) is 0 Å². The molecular formula is C63H54BN2S2. The van der Waals surface area contributed by atoms with Crippen LogP contribution in [0.2, 0.25) is 0 Å². The maximum Gasteiger partial charge on any atom is 0.198 e. The van der Waals surface area contributed by atoms with Crippen molar-refractivity contribution in [1.82, 2.24) is 4.57 Å². The van der Waals surface area contributed by atoms with E-state index in [4.69, 9.17) is 0 Å². The van der Waals surface area contributed by atoms with Crippen LogP contribution in [0.25, 0.3) is 90.1 Å². The molecule has 5 heteroatoms. The van der Waals surface area contributed by atoms with Gasteiger partial charge in [-0.2, -0.15) is 0 Å². The molecule has 0 bridgehead atoms. The van der Waals surface area contributed by atoms with Gasteiger partial charge >= 0.3 is 0 Å². The highest BCUT2D eigenvalue weighted by Gasteiger charge is 2.41. The van der Waals surface area contributed by atoms with Crippen molar-refractivity contribution in [2.24, 2.45) is 0 Å². The van der Waals surface area contributed by atoms with Gasteiger partial charge in [0.1, 0.15) is 0 Å². The van der Waals surface area contributed by atoms with Crippen LogP contribution >= 0.6 is 22.7 Å². The van der Waals surface area contributed by atoms with Crippen LogP contribution in [0.3, 0.4) is 0 Å². The number of nitrogens with one attached hydrogen (secondary N) is 1. The molecule has 0 saturated carbocycles. The van der Waals surface area contributed by atoms with Crippen LogP contribution in [0, 0.1) is 0 Å². The summed E-state index contributed by atoms with van der Waals surface area (Å²) in [7, 11) is 2.57. The van der Waals surface area contributed by atoms with E-state index >= 15 is 0 Å². The van der Waals surface area contributed by atoms with Gasteiger partial charge in [-0.15, -0.1) is 22.7 Å². The Balaban J connectivity index is 1.17. The summed E-state index contributed by atoms with van der Waals surface area (Å²) < 4.78 is 8.07. The first-order chi connectivity index (χ1) is 32.6. The number of rotatable bonds is 3. The molecule has 11 aromatic rings. The predicted molar refractivity (Wildman–Crippen MR) is 298 cm³/mol. The van der Waals surface area contributed by atoms with Crippen LogP contribution in [0.5, 0.6) is 0 Å². The first-order valence-electron chi connectivity index (χ1n) is 24.5. The number of benzene rings is 8. The summed E-state index contributed by atoms with van der Waals surface area (Å²) in [5.74, 6) is 0. The number of hydrogen-bond donors (Lipinski definition) is 1. The van der Waals surface area contributed by atoms with Crippen molar-refractivity contribution in [2.75, 3.05) is 5.32 Å². The Hall–Kier alpha value is -6.14. The molecule has 1 aliphatic heterocycles. The first-order valence-corrected chi connectivity index (χ1v) is 26.2. The molecule has 0 spiro atoms. The average molecular weight is 914 g/mol. The SMILES string of the molecule is CC(C)(C)c1ccc(Nc2cc3c(cc2-c2c4c5c(c6cc7c(cc6n5-c5cc6c(cc5[B]4)sc4ccccc46)C(C)(C)CCC7(C)C)c4sc5ccccc5c24)-c2ccccc2C3(C)C)cc1. The molecule has 0 unspecified atom stereocenters. The van der Waals surface area contributed by atoms with Gasteiger partial charge in [-0.25, -0.2) is 0 Å². The minimum Gasteiger partial charge on any atom is -0.355 e. The van der Waals surface area contributed by atoms with E-state index in [2.05, 4.69) is 213 Å². The molecule has 14 rings (SSSR count). The van der Waals surface area contributed by atoms with Gasteiger partial charge in [0.2, 0.25) is 0 Å². The summed E-state index contributed by atoms with van der Waals surface area (Å²) in [6.07, 6.45) is 2.35.